The molecule has 4 nitrogen and oxygen atoms in total. The first-order valence-corrected chi connectivity index (χ1v) is 8.09. The highest BCUT2D eigenvalue weighted by atomic mass is 19.4. The van der Waals surface area contributed by atoms with Crippen molar-refractivity contribution >= 4 is 16.8 Å². The van der Waals surface area contributed by atoms with E-state index >= 15 is 0 Å². The molecule has 0 fully saturated rings. The highest BCUT2D eigenvalue weighted by Gasteiger charge is 2.32. The SMILES string of the molecule is CC(=O)CC(c1cccc(C(F)(F)F)c1)c1c(O)c2ccccc2oc1=O. The fourth-order valence-corrected chi connectivity index (χ4v) is 3.06. The van der Waals surface area contributed by atoms with Gasteiger partial charge < -0.3 is 9.52 Å². The maximum atomic E-state index is 13.1. The second kappa shape index (κ2) is 6.90. The van der Waals surface area contributed by atoms with Crippen LogP contribution in [-0.2, 0) is 11.0 Å². The molecule has 140 valence electrons. The van der Waals surface area contributed by atoms with E-state index < -0.39 is 29.0 Å². The van der Waals surface area contributed by atoms with E-state index in [1.54, 1.807) is 12.1 Å². The first kappa shape index (κ1) is 18.7. The van der Waals surface area contributed by atoms with Gasteiger partial charge in [-0.05, 0) is 30.7 Å². The van der Waals surface area contributed by atoms with Crippen LogP contribution in [0, 0.1) is 0 Å². The van der Waals surface area contributed by atoms with Crippen molar-refractivity contribution in [2.45, 2.75) is 25.4 Å². The molecule has 1 N–H and O–H groups in total. The number of alkyl halides is 3. The van der Waals surface area contributed by atoms with Crippen molar-refractivity contribution in [1.82, 2.24) is 0 Å². The van der Waals surface area contributed by atoms with Gasteiger partial charge in [0, 0.05) is 12.3 Å². The Balaban J connectivity index is 2.25. The summed E-state index contributed by atoms with van der Waals surface area (Å²) in [6, 6.07) is 10.6. The topological polar surface area (TPSA) is 67.5 Å². The second-order valence-electron chi connectivity index (χ2n) is 6.23. The molecule has 1 unspecified atom stereocenters. The number of fused-ring (bicyclic) bond motifs is 1. The zero-order valence-corrected chi connectivity index (χ0v) is 14.2. The van der Waals surface area contributed by atoms with E-state index in [0.29, 0.717) is 0 Å². The summed E-state index contributed by atoms with van der Waals surface area (Å²) >= 11 is 0. The summed E-state index contributed by atoms with van der Waals surface area (Å²) < 4.78 is 44.4. The van der Waals surface area contributed by atoms with E-state index in [9.17, 15) is 27.9 Å². The van der Waals surface area contributed by atoms with Gasteiger partial charge in [-0.2, -0.15) is 13.2 Å². The molecule has 0 bridgehead atoms. The van der Waals surface area contributed by atoms with Crippen LogP contribution in [-0.4, -0.2) is 10.9 Å². The van der Waals surface area contributed by atoms with Gasteiger partial charge in [-0.15, -0.1) is 0 Å². The molecule has 0 radical (unpaired) electrons. The number of carbonyl (C=O) groups is 1. The molecule has 1 atom stereocenters. The van der Waals surface area contributed by atoms with Gasteiger partial charge in [0.1, 0.15) is 17.1 Å². The van der Waals surface area contributed by atoms with Gasteiger partial charge in [-0.25, -0.2) is 4.79 Å². The van der Waals surface area contributed by atoms with Crippen LogP contribution < -0.4 is 5.63 Å². The summed E-state index contributed by atoms with van der Waals surface area (Å²) in [5.41, 5.74) is -1.79. The van der Waals surface area contributed by atoms with Gasteiger partial charge >= 0.3 is 11.8 Å². The summed E-state index contributed by atoms with van der Waals surface area (Å²) in [6.45, 7) is 1.26. The fourth-order valence-electron chi connectivity index (χ4n) is 3.06. The molecule has 3 aromatic rings. The Morgan fingerprint density at radius 3 is 2.52 bits per heavy atom. The number of hydrogen-bond donors (Lipinski definition) is 1. The molecular weight excluding hydrogens is 361 g/mol. The lowest BCUT2D eigenvalue weighted by Gasteiger charge is -2.18. The number of benzene rings is 2. The highest BCUT2D eigenvalue weighted by molar-refractivity contribution is 5.85. The van der Waals surface area contributed by atoms with E-state index in [1.807, 2.05) is 0 Å². The third-order valence-electron chi connectivity index (χ3n) is 4.28. The number of para-hydroxylation sites is 1. The molecule has 1 aromatic heterocycles. The van der Waals surface area contributed by atoms with Crippen molar-refractivity contribution in [2.75, 3.05) is 0 Å². The first-order valence-electron chi connectivity index (χ1n) is 8.09. The molecule has 7 heteroatoms. The number of rotatable bonds is 4. The fraction of sp³-hybridized carbons (Fsp3) is 0.200. The maximum Gasteiger partial charge on any atom is 0.416 e. The van der Waals surface area contributed by atoms with Gasteiger partial charge in [-0.3, -0.25) is 4.79 Å². The van der Waals surface area contributed by atoms with Gasteiger partial charge in [0.2, 0.25) is 0 Å². The molecular formula is C20H15F3O4. The van der Waals surface area contributed by atoms with Crippen molar-refractivity contribution in [2.24, 2.45) is 0 Å². The summed E-state index contributed by atoms with van der Waals surface area (Å²) in [6.07, 6.45) is -4.83. The molecule has 0 aliphatic rings. The zero-order valence-electron chi connectivity index (χ0n) is 14.2. The van der Waals surface area contributed by atoms with Gasteiger partial charge in [-0.1, -0.05) is 30.3 Å². The molecule has 2 aromatic carbocycles. The Morgan fingerprint density at radius 2 is 1.85 bits per heavy atom. The highest BCUT2D eigenvalue weighted by Crippen LogP contribution is 2.38. The third-order valence-corrected chi connectivity index (χ3v) is 4.28. The Hall–Kier alpha value is -3.09. The van der Waals surface area contributed by atoms with Crippen molar-refractivity contribution in [3.63, 3.8) is 0 Å². The molecule has 3 rings (SSSR count). The van der Waals surface area contributed by atoms with Crippen LogP contribution in [0.25, 0.3) is 11.0 Å². The Kier molecular flexibility index (Phi) is 4.78. The van der Waals surface area contributed by atoms with Crippen LogP contribution in [0.3, 0.4) is 0 Å². The van der Waals surface area contributed by atoms with E-state index in [1.165, 1.54) is 31.2 Å². The molecule has 27 heavy (non-hydrogen) atoms. The predicted molar refractivity (Wildman–Crippen MR) is 92.7 cm³/mol. The Morgan fingerprint density at radius 1 is 1.15 bits per heavy atom. The smallest absolute Gasteiger partial charge is 0.416 e. The average Bonchev–Trinajstić information content (AvgIpc) is 2.60. The van der Waals surface area contributed by atoms with Crippen LogP contribution in [0.5, 0.6) is 5.75 Å². The first-order chi connectivity index (χ1) is 12.7. The van der Waals surface area contributed by atoms with Crippen molar-refractivity contribution < 1.29 is 27.5 Å². The van der Waals surface area contributed by atoms with E-state index in [0.717, 1.165) is 12.1 Å². The van der Waals surface area contributed by atoms with Gasteiger partial charge in [0.15, 0.2) is 0 Å². The lowest BCUT2D eigenvalue weighted by atomic mass is 9.86. The van der Waals surface area contributed by atoms with Crippen molar-refractivity contribution in [3.8, 4) is 5.75 Å². The number of halogens is 3. The molecule has 0 saturated carbocycles. The minimum Gasteiger partial charge on any atom is -0.507 e. The molecule has 0 aliphatic heterocycles. The van der Waals surface area contributed by atoms with E-state index in [4.69, 9.17) is 4.42 Å². The number of carbonyl (C=O) groups excluding carboxylic acids is 1. The van der Waals surface area contributed by atoms with Crippen LogP contribution in [0.2, 0.25) is 0 Å². The summed E-state index contributed by atoms with van der Waals surface area (Å²) in [5, 5.41) is 10.9. The van der Waals surface area contributed by atoms with Crippen LogP contribution in [0.1, 0.15) is 36.0 Å². The largest absolute Gasteiger partial charge is 0.507 e. The number of ketones is 1. The summed E-state index contributed by atoms with van der Waals surface area (Å²) in [5.74, 6) is -1.81. The molecule has 0 amide bonds. The lowest BCUT2D eigenvalue weighted by molar-refractivity contribution is -0.137. The van der Waals surface area contributed by atoms with Crippen molar-refractivity contribution in [1.29, 1.82) is 0 Å². The number of hydrogen-bond acceptors (Lipinski definition) is 4. The zero-order chi connectivity index (χ0) is 19.8. The van der Waals surface area contributed by atoms with Gasteiger partial charge in [0.25, 0.3) is 0 Å². The quantitative estimate of drug-likeness (QED) is 0.674. The third kappa shape index (κ3) is 3.72. The Bertz CT molecular complexity index is 1070. The molecule has 0 aliphatic carbocycles. The van der Waals surface area contributed by atoms with Crippen molar-refractivity contribution in [3.05, 3.63) is 75.6 Å². The maximum absolute atomic E-state index is 13.1. The molecule has 0 saturated heterocycles. The average molecular weight is 376 g/mol. The van der Waals surface area contributed by atoms with Crippen LogP contribution in [0.4, 0.5) is 13.2 Å². The molecule has 1 heterocycles. The minimum absolute atomic E-state index is 0.0953. The number of aromatic hydroxyl groups is 1. The van der Waals surface area contributed by atoms with Crippen LogP contribution >= 0.6 is 0 Å². The van der Waals surface area contributed by atoms with E-state index in [2.05, 4.69) is 0 Å². The summed E-state index contributed by atoms with van der Waals surface area (Å²) in [7, 11) is 0. The standard InChI is InChI=1S/C20H15F3O4/c1-11(24)9-15(12-5-4-6-13(10-12)20(21,22)23)17-18(25)14-7-2-3-8-16(14)27-19(17)26/h2-8,10,15,25H,9H2,1H3. The minimum atomic E-state index is -4.58. The lowest BCUT2D eigenvalue weighted by Crippen LogP contribution is -2.17. The number of Topliss-reactive ketones (excluding diaryl/α,β-unsaturated/α-hetero) is 1. The predicted octanol–water partition coefficient (Wildman–Crippen LogP) is 4.63. The van der Waals surface area contributed by atoms with E-state index in [-0.39, 0.29) is 34.3 Å². The Labute approximate surface area is 151 Å². The normalized spacial score (nSPS) is 12.9. The summed E-state index contributed by atoms with van der Waals surface area (Å²) in [4.78, 5) is 24.2. The van der Waals surface area contributed by atoms with Crippen LogP contribution in [0.15, 0.2) is 57.7 Å². The second-order valence-corrected chi connectivity index (χ2v) is 6.23. The van der Waals surface area contributed by atoms with Gasteiger partial charge in [0.05, 0.1) is 16.5 Å². The molecule has 0 spiro atoms. The monoisotopic (exact) mass is 376 g/mol.